The third kappa shape index (κ3) is 30.0. The van der Waals surface area contributed by atoms with E-state index >= 15 is 9.59 Å². The van der Waals surface area contributed by atoms with Gasteiger partial charge in [-0.3, -0.25) is 76.7 Å². The zero-order chi connectivity index (χ0) is 87.4. The first kappa shape index (κ1) is 95.0. The summed E-state index contributed by atoms with van der Waals surface area (Å²) in [5.41, 5.74) is 2.45. The van der Waals surface area contributed by atoms with Gasteiger partial charge in [0.2, 0.25) is 82.7 Å². The average molecular weight is 1690 g/mol. The minimum atomic E-state index is -2.00. The van der Waals surface area contributed by atoms with Crippen molar-refractivity contribution in [3.05, 3.63) is 102 Å². The Morgan fingerprint density at radius 3 is 1.69 bits per heavy atom. The number of aliphatic carboxylic acids is 3. The summed E-state index contributed by atoms with van der Waals surface area (Å²) in [6, 6.07) is -3.86. The van der Waals surface area contributed by atoms with E-state index in [2.05, 4.69) is 84.4 Å². The number of phenolic OH excluding ortho intramolecular Hbond substituents is 1. The third-order valence-corrected chi connectivity index (χ3v) is 21.0. The molecule has 118 heavy (non-hydrogen) atoms. The molecule has 3 aromatic carbocycles. The number of carbonyl (C=O) groups excluding carboxylic acids is 14. The molecular weight excluding hydrogens is 1580 g/mol. The highest BCUT2D eigenvalue weighted by Crippen LogP contribution is 2.26. The number of H-pyrrole nitrogens is 2. The molecule has 642 valence electrons. The normalized spacial score (nSPS) is 22.0. The number of rotatable bonds is 26. The Labute approximate surface area is 685 Å². The Morgan fingerprint density at radius 1 is 0.576 bits per heavy atom. The Hall–Kier alpha value is -11.9. The summed E-state index contributed by atoms with van der Waals surface area (Å²) in [6.07, 6.45) is -2.80. The van der Waals surface area contributed by atoms with Gasteiger partial charge in [-0.05, 0) is 105 Å². The van der Waals surface area contributed by atoms with Crippen LogP contribution in [0.1, 0.15) is 124 Å². The van der Waals surface area contributed by atoms with Crippen LogP contribution in [0.25, 0.3) is 21.8 Å². The van der Waals surface area contributed by atoms with E-state index < -0.39 is 259 Å². The summed E-state index contributed by atoms with van der Waals surface area (Å²) in [5.74, 6) is -24.5. The summed E-state index contributed by atoms with van der Waals surface area (Å²) in [4.78, 5) is 244. The van der Waals surface area contributed by atoms with Crippen molar-refractivity contribution in [3.63, 3.8) is 0 Å². The van der Waals surface area contributed by atoms with Crippen LogP contribution in [-0.2, 0) is 101 Å². The number of hydrogen-bond donors (Lipinski definition) is 21. The molecular formula is C77H103FN16O22S2. The fraction of sp³-hybridized carbons (Fsp3) is 0.494. The predicted molar refractivity (Wildman–Crippen MR) is 428 cm³/mol. The van der Waals surface area contributed by atoms with Gasteiger partial charge in [-0.2, -0.15) is 0 Å². The molecule has 2 aromatic heterocycles. The standard InChI is InChI=1S/C77H103FN16O22S2/c1-36(2)24-52-67(105)82-33-61(99)85-50(21-23-62(100)101)68(106)88-53(25-37(3)4)73(111)93-64(38(5)6)76(114)90-54(27-44-32-80-49-17-13-11-15-46(44)49)70(108)92-58(75(113)94-65(40(8)95)77(115)116)35-118-117-34-57(91-72(110)56(29-63(102)103)84-41(9)96)74(112)83-39(7)66(104)86-51(20-19-43-31-79-48-16-12-10-14-45(43)48)69(107)89-55(71(109)87-52)28-60(98)81-30-42-18-22-59(97)47(78)26-42/h10-18,22,26,31-32,36-40,50-58,64-65,79-80,95,97H,19-21,23-25,27-30,33-35H2,1-9H3,(H,81,98)(H,82,105)(H,83,112)(H,84,96)(H,85,99)(H,86,104)(H,87,109)(H,88,106)(H,89,107)(H,90,114)(H,91,110)(H,92,108)(H,93,111)(H,94,113)(H,100,101)(H,102,103)(H,115,116)/t39-,40+,50-,51-,52-,53-,54-,55-,56-,57-,58-,64-,65-/m0/s1. The van der Waals surface area contributed by atoms with E-state index in [1.54, 1.807) is 88.6 Å². The first-order valence-corrected chi connectivity index (χ1v) is 40.5. The maximum Gasteiger partial charge on any atom is 0.328 e. The number of aliphatic hydroxyl groups is 1. The Balaban J connectivity index is 1.47. The first-order chi connectivity index (χ1) is 55.7. The largest absolute Gasteiger partial charge is 0.505 e. The molecule has 0 spiro atoms. The molecule has 14 amide bonds. The number of phenols is 1. The average Bonchev–Trinajstić information content (AvgIpc) is 1.62. The summed E-state index contributed by atoms with van der Waals surface area (Å²) >= 11 is 0. The molecule has 0 aliphatic carbocycles. The molecule has 1 fully saturated rings. The molecule has 38 nitrogen and oxygen atoms in total. The lowest BCUT2D eigenvalue weighted by atomic mass is 9.98. The van der Waals surface area contributed by atoms with E-state index in [1.165, 1.54) is 19.9 Å². The van der Waals surface area contributed by atoms with Crippen LogP contribution < -0.4 is 74.4 Å². The number of nitrogens with one attached hydrogen (secondary N) is 16. The Morgan fingerprint density at radius 2 is 1.12 bits per heavy atom. The SMILES string of the molecule is CC(=O)N[C@@H](CC(=O)O)C(=O)N[C@H]1CSSC[C@@H](C(=O)N[C@H](C(=O)O)[C@@H](C)O)NC(=O)[C@H](Cc2c[nH]c3ccccc23)NC(=O)[C@H](C(C)C)NC(=O)[C@H](CC(C)C)NC(=O)[C@H](CCC(=O)O)NC(=O)CNC(=O)[C@H](CC(C)C)NC(=O)[C@H](CC(=O)NCc2ccc(O)c(F)c2)NC(=O)[C@H](CCc2c[nH]c3ccccc23)NC(=O)[C@H](C)NC1=O. The molecule has 1 aliphatic rings. The summed E-state index contributed by atoms with van der Waals surface area (Å²) in [7, 11) is 1.41. The number of hydrogen-bond acceptors (Lipinski definition) is 21. The van der Waals surface area contributed by atoms with Crippen molar-refractivity contribution < 1.29 is 111 Å². The minimum Gasteiger partial charge on any atom is -0.505 e. The highest BCUT2D eigenvalue weighted by molar-refractivity contribution is 8.76. The number of carbonyl (C=O) groups is 17. The van der Waals surface area contributed by atoms with Crippen LogP contribution in [-0.4, -0.2) is 233 Å². The lowest BCUT2D eigenvalue weighted by Gasteiger charge is -2.29. The van der Waals surface area contributed by atoms with Crippen molar-refractivity contribution in [2.75, 3.05) is 18.1 Å². The van der Waals surface area contributed by atoms with Gasteiger partial charge in [0.15, 0.2) is 17.6 Å². The molecule has 0 radical (unpaired) electrons. The monoisotopic (exact) mass is 1690 g/mol. The molecule has 5 aromatic rings. The van der Waals surface area contributed by atoms with E-state index in [4.69, 9.17) is 0 Å². The lowest BCUT2D eigenvalue weighted by Crippen LogP contribution is -2.61. The van der Waals surface area contributed by atoms with Crippen LogP contribution in [0.4, 0.5) is 4.39 Å². The number of benzene rings is 3. The number of amides is 14. The highest BCUT2D eigenvalue weighted by Gasteiger charge is 2.39. The smallest absolute Gasteiger partial charge is 0.328 e. The second-order valence-corrected chi connectivity index (χ2v) is 32.2. The molecule has 13 atom stereocenters. The van der Waals surface area contributed by atoms with Gasteiger partial charge in [-0.25, -0.2) is 9.18 Å². The van der Waals surface area contributed by atoms with E-state index in [-0.39, 0.29) is 37.7 Å². The number of carboxylic acid groups (broad SMARTS) is 3. The van der Waals surface area contributed by atoms with Gasteiger partial charge in [0.05, 0.1) is 25.5 Å². The Bertz CT molecular complexity index is 4470. The van der Waals surface area contributed by atoms with Crippen molar-refractivity contribution in [1.29, 1.82) is 0 Å². The van der Waals surface area contributed by atoms with E-state index in [0.717, 1.165) is 32.9 Å². The van der Waals surface area contributed by atoms with Gasteiger partial charge in [0.1, 0.15) is 66.5 Å². The van der Waals surface area contributed by atoms with E-state index in [0.29, 0.717) is 54.5 Å². The van der Waals surface area contributed by atoms with Gasteiger partial charge < -0.3 is 110 Å². The zero-order valence-corrected chi connectivity index (χ0v) is 67.9. The molecule has 0 saturated carbocycles. The maximum absolute atomic E-state index is 15.1. The van der Waals surface area contributed by atoms with Crippen LogP contribution in [0.2, 0.25) is 0 Å². The number of aromatic hydroxyl groups is 1. The highest BCUT2D eigenvalue weighted by atomic mass is 33.1. The van der Waals surface area contributed by atoms with Crippen molar-refractivity contribution in [2.45, 2.75) is 205 Å². The third-order valence-electron chi connectivity index (χ3n) is 18.6. The lowest BCUT2D eigenvalue weighted by molar-refractivity contribution is -0.145. The minimum absolute atomic E-state index is 0.00275. The number of para-hydroxylation sites is 2. The number of aryl methyl sites for hydroxylation is 1. The molecule has 6 rings (SSSR count). The molecule has 1 saturated heterocycles. The second-order valence-electron chi connectivity index (χ2n) is 29.6. The number of halogens is 1. The fourth-order valence-electron chi connectivity index (χ4n) is 12.4. The van der Waals surface area contributed by atoms with Gasteiger partial charge in [-0.15, -0.1) is 0 Å². The molecule has 0 unspecified atom stereocenters. The van der Waals surface area contributed by atoms with Crippen LogP contribution in [0, 0.1) is 23.6 Å². The number of aromatic nitrogens is 2. The van der Waals surface area contributed by atoms with Gasteiger partial charge in [0, 0.05) is 72.0 Å². The van der Waals surface area contributed by atoms with Crippen molar-refractivity contribution in [1.82, 2.24) is 84.4 Å². The number of aromatic amines is 2. The fourth-order valence-corrected chi connectivity index (χ4v) is 14.7. The zero-order valence-electron chi connectivity index (χ0n) is 66.3. The predicted octanol–water partition coefficient (Wildman–Crippen LogP) is -0.703. The van der Waals surface area contributed by atoms with Gasteiger partial charge >= 0.3 is 17.9 Å². The van der Waals surface area contributed by atoms with Crippen LogP contribution in [0.15, 0.2) is 79.1 Å². The molecule has 21 N–H and O–H groups in total. The van der Waals surface area contributed by atoms with Crippen molar-refractivity contribution in [3.8, 4) is 5.75 Å². The maximum atomic E-state index is 15.1. The summed E-state index contributed by atoms with van der Waals surface area (Å²) in [5, 5.41) is 85.7. The molecule has 41 heteroatoms. The number of aliphatic hydroxyl groups excluding tert-OH is 1. The summed E-state index contributed by atoms with van der Waals surface area (Å²) < 4.78 is 14.5. The first-order valence-electron chi connectivity index (χ1n) is 38.0. The Kier molecular flexibility index (Phi) is 36.7. The quantitative estimate of drug-likeness (QED) is 0.0304. The van der Waals surface area contributed by atoms with Gasteiger partial charge in [-0.1, -0.05) is 106 Å². The molecule has 1 aliphatic heterocycles. The summed E-state index contributed by atoms with van der Waals surface area (Å²) in [6.45, 7) is 11.6. The topological polar surface area (TPSA) is 591 Å². The van der Waals surface area contributed by atoms with E-state index in [9.17, 15) is 102 Å². The van der Waals surface area contributed by atoms with Crippen molar-refractivity contribution >= 4 is 144 Å². The van der Waals surface area contributed by atoms with Crippen LogP contribution in [0.3, 0.4) is 0 Å². The van der Waals surface area contributed by atoms with Crippen LogP contribution >= 0.6 is 21.6 Å². The van der Waals surface area contributed by atoms with Crippen LogP contribution in [0.5, 0.6) is 5.75 Å². The van der Waals surface area contributed by atoms with E-state index in [1.807, 2.05) is 0 Å². The van der Waals surface area contributed by atoms with Gasteiger partial charge in [0.25, 0.3) is 0 Å². The number of fused-ring (bicyclic) bond motifs is 2. The number of carboxylic acids is 3. The van der Waals surface area contributed by atoms with Crippen molar-refractivity contribution in [2.24, 2.45) is 17.8 Å². The second kappa shape index (κ2) is 45.6. The molecule has 3 heterocycles. The molecule has 0 bridgehead atoms.